The summed E-state index contributed by atoms with van der Waals surface area (Å²) in [6.45, 7) is 7.73. The van der Waals surface area contributed by atoms with E-state index in [1.54, 1.807) is 24.3 Å². The number of benzene rings is 2. The van der Waals surface area contributed by atoms with E-state index in [0.717, 1.165) is 41.6 Å². The molecular formula is C22H28BrNO4. The van der Waals surface area contributed by atoms with Gasteiger partial charge in [0, 0.05) is 16.8 Å². The molecule has 28 heavy (non-hydrogen) atoms. The normalized spacial score (nSPS) is 9.93. The van der Waals surface area contributed by atoms with Crippen molar-refractivity contribution in [2.75, 3.05) is 25.6 Å². The molecule has 0 amide bonds. The van der Waals surface area contributed by atoms with Gasteiger partial charge in [-0.15, -0.1) is 0 Å². The van der Waals surface area contributed by atoms with Crippen LogP contribution in [0.5, 0.6) is 5.75 Å². The van der Waals surface area contributed by atoms with Gasteiger partial charge >= 0.3 is 5.97 Å². The van der Waals surface area contributed by atoms with Gasteiger partial charge in [0.15, 0.2) is 0 Å². The number of carboxylic acids is 1. The van der Waals surface area contributed by atoms with Crippen LogP contribution in [0.3, 0.4) is 0 Å². The van der Waals surface area contributed by atoms with Gasteiger partial charge in [-0.2, -0.15) is 0 Å². The quantitative estimate of drug-likeness (QED) is 0.282. The molecule has 0 unspecified atom stereocenters. The number of rotatable bonds is 10. The molecule has 0 saturated heterocycles. The topological polar surface area (TPSA) is 81.8 Å². The summed E-state index contributed by atoms with van der Waals surface area (Å²) in [6.07, 6.45) is 3.01. The van der Waals surface area contributed by atoms with Gasteiger partial charge in [-0.1, -0.05) is 28.1 Å². The standard InChI is InChI=1S/C16H22O4.C6H6BrN/c1-13(2)12-19-10-4-3-5-11-20-15-8-6-14(7-9-15)16(17)18;7-5-1-3-6(8)4-2-5/h6-9H,1,3-5,10-12H2,2H3,(H,17,18);1-4H,8H2. The Morgan fingerprint density at radius 2 is 1.64 bits per heavy atom. The molecule has 2 rings (SSSR count). The van der Waals surface area contributed by atoms with Crippen LogP contribution in [0.1, 0.15) is 36.5 Å². The summed E-state index contributed by atoms with van der Waals surface area (Å²) in [5.41, 5.74) is 7.52. The number of nitrogens with two attached hydrogens (primary N) is 1. The summed E-state index contributed by atoms with van der Waals surface area (Å²) in [5.74, 6) is -0.222. The second-order valence-electron chi connectivity index (χ2n) is 6.30. The molecule has 2 aromatic rings. The number of halogens is 1. The van der Waals surface area contributed by atoms with Crippen LogP contribution in [0, 0.1) is 0 Å². The summed E-state index contributed by atoms with van der Waals surface area (Å²) in [6, 6.07) is 14.0. The van der Waals surface area contributed by atoms with Crippen LogP contribution >= 0.6 is 15.9 Å². The molecule has 0 spiro atoms. The third-order valence-corrected chi connectivity index (χ3v) is 4.05. The minimum Gasteiger partial charge on any atom is -0.494 e. The Kier molecular flexibility index (Phi) is 11.7. The van der Waals surface area contributed by atoms with E-state index in [9.17, 15) is 4.79 Å². The molecule has 0 aliphatic rings. The summed E-state index contributed by atoms with van der Waals surface area (Å²) >= 11 is 3.29. The Morgan fingerprint density at radius 1 is 1.04 bits per heavy atom. The molecule has 0 radical (unpaired) electrons. The molecule has 0 heterocycles. The van der Waals surface area contributed by atoms with Crippen molar-refractivity contribution in [1.82, 2.24) is 0 Å². The van der Waals surface area contributed by atoms with Crippen molar-refractivity contribution in [3.8, 4) is 5.75 Å². The number of aromatic carboxylic acids is 1. The van der Waals surface area contributed by atoms with Crippen molar-refractivity contribution in [3.63, 3.8) is 0 Å². The highest BCUT2D eigenvalue weighted by Gasteiger charge is 2.01. The first-order valence-electron chi connectivity index (χ1n) is 9.08. The predicted octanol–water partition coefficient (Wildman–Crippen LogP) is 5.56. The molecule has 152 valence electrons. The highest BCUT2D eigenvalue weighted by molar-refractivity contribution is 9.10. The number of anilines is 1. The number of carbonyl (C=O) groups is 1. The van der Waals surface area contributed by atoms with Gasteiger partial charge in [-0.25, -0.2) is 4.79 Å². The second kappa shape index (κ2) is 13.8. The molecule has 0 aliphatic heterocycles. The maximum absolute atomic E-state index is 10.7. The fourth-order valence-corrected chi connectivity index (χ4v) is 2.34. The average Bonchev–Trinajstić information content (AvgIpc) is 2.67. The lowest BCUT2D eigenvalue weighted by Crippen LogP contribution is -2.01. The molecule has 0 aromatic heterocycles. The van der Waals surface area contributed by atoms with Crippen molar-refractivity contribution >= 4 is 27.6 Å². The van der Waals surface area contributed by atoms with E-state index < -0.39 is 5.97 Å². The van der Waals surface area contributed by atoms with Crippen molar-refractivity contribution in [3.05, 3.63) is 70.7 Å². The van der Waals surface area contributed by atoms with Crippen molar-refractivity contribution in [2.45, 2.75) is 26.2 Å². The minimum absolute atomic E-state index is 0.270. The fraction of sp³-hybridized carbons (Fsp3) is 0.318. The van der Waals surface area contributed by atoms with Crippen LogP contribution in [0.4, 0.5) is 5.69 Å². The lowest BCUT2D eigenvalue weighted by atomic mass is 10.2. The van der Waals surface area contributed by atoms with E-state index >= 15 is 0 Å². The first-order valence-corrected chi connectivity index (χ1v) is 9.87. The maximum Gasteiger partial charge on any atom is 0.335 e. The third-order valence-electron chi connectivity index (χ3n) is 3.52. The zero-order valence-corrected chi connectivity index (χ0v) is 17.8. The van der Waals surface area contributed by atoms with Crippen LogP contribution in [0.2, 0.25) is 0 Å². The molecule has 5 nitrogen and oxygen atoms in total. The second-order valence-corrected chi connectivity index (χ2v) is 7.22. The van der Waals surface area contributed by atoms with E-state index in [4.69, 9.17) is 20.3 Å². The molecule has 3 N–H and O–H groups in total. The minimum atomic E-state index is -0.925. The number of nitrogen functional groups attached to an aromatic ring is 1. The highest BCUT2D eigenvalue weighted by atomic mass is 79.9. The van der Waals surface area contributed by atoms with Gasteiger partial charge in [-0.3, -0.25) is 0 Å². The summed E-state index contributed by atoms with van der Waals surface area (Å²) in [5, 5.41) is 8.77. The monoisotopic (exact) mass is 449 g/mol. The smallest absolute Gasteiger partial charge is 0.335 e. The van der Waals surface area contributed by atoms with E-state index in [-0.39, 0.29) is 5.56 Å². The van der Waals surface area contributed by atoms with Crippen LogP contribution in [-0.4, -0.2) is 30.9 Å². The Morgan fingerprint density at radius 3 is 2.18 bits per heavy atom. The SMILES string of the molecule is C=C(C)COCCCCCOc1ccc(C(=O)O)cc1.Nc1ccc(Br)cc1. The summed E-state index contributed by atoms with van der Waals surface area (Å²) in [7, 11) is 0. The zero-order valence-electron chi connectivity index (χ0n) is 16.2. The number of carboxylic acid groups (broad SMARTS) is 1. The van der Waals surface area contributed by atoms with E-state index in [1.165, 1.54) is 0 Å². The fourth-order valence-electron chi connectivity index (χ4n) is 2.08. The van der Waals surface area contributed by atoms with Gasteiger partial charge < -0.3 is 20.3 Å². The third kappa shape index (κ3) is 11.4. The van der Waals surface area contributed by atoms with Gasteiger partial charge in [0.2, 0.25) is 0 Å². The predicted molar refractivity (Wildman–Crippen MR) is 117 cm³/mol. The Labute approximate surface area is 175 Å². The van der Waals surface area contributed by atoms with Crippen molar-refractivity contribution in [1.29, 1.82) is 0 Å². The number of hydrogen-bond acceptors (Lipinski definition) is 4. The molecule has 0 fully saturated rings. The number of hydrogen-bond donors (Lipinski definition) is 2. The molecule has 0 aliphatic carbocycles. The van der Waals surface area contributed by atoms with E-state index in [0.29, 0.717) is 19.0 Å². The van der Waals surface area contributed by atoms with Crippen LogP contribution in [0.15, 0.2) is 65.2 Å². The number of ether oxygens (including phenoxy) is 2. The summed E-state index contributed by atoms with van der Waals surface area (Å²) < 4.78 is 12.0. The lowest BCUT2D eigenvalue weighted by Gasteiger charge is -2.07. The van der Waals surface area contributed by atoms with E-state index in [2.05, 4.69) is 22.5 Å². The molecule has 0 atom stereocenters. The Bertz CT molecular complexity index is 693. The Hall–Kier alpha value is -2.31. The van der Waals surface area contributed by atoms with Crippen LogP contribution in [-0.2, 0) is 4.74 Å². The molecule has 0 bridgehead atoms. The average molecular weight is 450 g/mol. The van der Waals surface area contributed by atoms with Crippen molar-refractivity contribution < 1.29 is 19.4 Å². The largest absolute Gasteiger partial charge is 0.494 e. The number of unbranched alkanes of at least 4 members (excludes halogenated alkanes) is 2. The van der Waals surface area contributed by atoms with Crippen LogP contribution < -0.4 is 10.5 Å². The first kappa shape index (κ1) is 23.7. The lowest BCUT2D eigenvalue weighted by molar-refractivity contribution is 0.0697. The first-order chi connectivity index (χ1) is 13.4. The summed E-state index contributed by atoms with van der Waals surface area (Å²) in [4.78, 5) is 10.7. The molecule has 2 aromatic carbocycles. The highest BCUT2D eigenvalue weighted by Crippen LogP contribution is 2.13. The molecule has 6 heteroatoms. The zero-order chi connectivity index (χ0) is 20.8. The Balaban J connectivity index is 0.000000406. The van der Waals surface area contributed by atoms with Gasteiger partial charge in [0.05, 0.1) is 18.8 Å². The molecular weight excluding hydrogens is 422 g/mol. The van der Waals surface area contributed by atoms with Gasteiger partial charge in [0.1, 0.15) is 5.75 Å². The van der Waals surface area contributed by atoms with Crippen LogP contribution in [0.25, 0.3) is 0 Å². The van der Waals surface area contributed by atoms with E-state index in [1.807, 2.05) is 31.2 Å². The maximum atomic E-state index is 10.7. The van der Waals surface area contributed by atoms with Gasteiger partial charge in [-0.05, 0) is 74.7 Å². The molecule has 0 saturated carbocycles. The van der Waals surface area contributed by atoms with Gasteiger partial charge in [0.25, 0.3) is 0 Å². The van der Waals surface area contributed by atoms with Crippen molar-refractivity contribution in [2.24, 2.45) is 0 Å².